The van der Waals surface area contributed by atoms with Gasteiger partial charge >= 0.3 is 0 Å². The molecule has 36 heavy (non-hydrogen) atoms. The molecule has 0 saturated heterocycles. The SMILES string of the molecule is CO[C@H]1C[C@H]2[C@@H]([C@H](O)C[C@@H]3C[C@H](O)CC[C@@]32C)[C@@H]2CC[C@@H]3C(CCc4nc5cccnc5o4)CC[C@@]132. The predicted octanol–water partition coefficient (Wildman–Crippen LogP) is 5.16. The summed E-state index contributed by atoms with van der Waals surface area (Å²) in [6.45, 7) is 2.48. The molecule has 1 unspecified atom stereocenters. The molecule has 5 aliphatic rings. The van der Waals surface area contributed by atoms with Crippen LogP contribution in [0.5, 0.6) is 0 Å². The van der Waals surface area contributed by atoms with Gasteiger partial charge in [0, 0.05) is 25.1 Å². The first-order valence-electron chi connectivity index (χ1n) is 14.5. The zero-order chi connectivity index (χ0) is 24.7. The van der Waals surface area contributed by atoms with Crippen molar-refractivity contribution in [3.8, 4) is 0 Å². The van der Waals surface area contributed by atoms with Crippen LogP contribution in [-0.4, -0.2) is 45.6 Å². The molecular formula is C30H42N2O4. The summed E-state index contributed by atoms with van der Waals surface area (Å²) in [4.78, 5) is 8.99. The summed E-state index contributed by atoms with van der Waals surface area (Å²) in [5.74, 6) is 4.03. The van der Waals surface area contributed by atoms with Crippen molar-refractivity contribution in [3.63, 3.8) is 0 Å². The maximum Gasteiger partial charge on any atom is 0.246 e. The van der Waals surface area contributed by atoms with Crippen molar-refractivity contribution in [2.45, 2.75) is 95.9 Å². The summed E-state index contributed by atoms with van der Waals surface area (Å²) in [6.07, 6.45) is 13.4. The molecule has 0 aliphatic heterocycles. The molecule has 0 radical (unpaired) electrons. The molecule has 11 atom stereocenters. The summed E-state index contributed by atoms with van der Waals surface area (Å²) in [6, 6.07) is 3.88. The lowest BCUT2D eigenvalue weighted by Crippen LogP contribution is -2.62. The van der Waals surface area contributed by atoms with Crippen molar-refractivity contribution in [2.24, 2.45) is 46.3 Å². The zero-order valence-corrected chi connectivity index (χ0v) is 21.8. The van der Waals surface area contributed by atoms with Gasteiger partial charge in [-0.3, -0.25) is 0 Å². The summed E-state index contributed by atoms with van der Waals surface area (Å²) < 4.78 is 12.4. The van der Waals surface area contributed by atoms with Crippen molar-refractivity contribution in [1.82, 2.24) is 9.97 Å². The molecule has 5 fully saturated rings. The standard InChI is InChI=1S/C30H42N2O4/c1-29-11-10-19(33)14-18(29)15-24(34)27-21-7-6-20-17(9-12-30(20,21)25(35-2)16-22(27)29)5-8-26-32-23-4-3-13-31-28(23)36-26/h3-4,13,17-22,24-25,27,33-34H,5-12,14-16H2,1-2H3/t17?,18-,19+,20+,21-,22-,24+,25-,27-,29-,30+/m0/s1. The molecule has 0 bridgehead atoms. The predicted molar refractivity (Wildman–Crippen MR) is 136 cm³/mol. The van der Waals surface area contributed by atoms with Crippen LogP contribution in [0, 0.1) is 46.3 Å². The van der Waals surface area contributed by atoms with E-state index in [2.05, 4.69) is 16.9 Å². The second kappa shape index (κ2) is 8.51. The van der Waals surface area contributed by atoms with Gasteiger partial charge in [-0.1, -0.05) is 6.92 Å². The van der Waals surface area contributed by atoms with Gasteiger partial charge < -0.3 is 19.4 Å². The van der Waals surface area contributed by atoms with E-state index in [4.69, 9.17) is 9.15 Å². The Balaban J connectivity index is 1.14. The fourth-order valence-corrected chi connectivity index (χ4v) is 10.8. The lowest BCUT2D eigenvalue weighted by molar-refractivity contribution is -0.211. The molecule has 2 heterocycles. The number of aryl methyl sites for hydroxylation is 1. The average Bonchev–Trinajstić information content (AvgIpc) is 3.55. The fourth-order valence-electron chi connectivity index (χ4n) is 10.8. The highest BCUT2D eigenvalue weighted by Gasteiger charge is 2.69. The maximum absolute atomic E-state index is 11.6. The van der Waals surface area contributed by atoms with E-state index in [0.717, 1.165) is 56.4 Å². The number of methoxy groups -OCH3 is 1. The molecule has 0 aromatic carbocycles. The zero-order valence-electron chi connectivity index (χ0n) is 21.8. The Morgan fingerprint density at radius 1 is 1.06 bits per heavy atom. The topological polar surface area (TPSA) is 88.6 Å². The maximum atomic E-state index is 11.6. The number of aliphatic hydroxyl groups excluding tert-OH is 2. The second-order valence-corrected chi connectivity index (χ2v) is 13.3. The number of nitrogens with zero attached hydrogens (tertiary/aromatic N) is 2. The van der Waals surface area contributed by atoms with E-state index in [9.17, 15) is 10.2 Å². The molecule has 2 N–H and O–H groups in total. The van der Waals surface area contributed by atoms with E-state index in [0.29, 0.717) is 41.2 Å². The van der Waals surface area contributed by atoms with Crippen LogP contribution in [0.25, 0.3) is 11.2 Å². The van der Waals surface area contributed by atoms with Crippen molar-refractivity contribution in [3.05, 3.63) is 24.2 Å². The number of hydrogen-bond acceptors (Lipinski definition) is 6. The van der Waals surface area contributed by atoms with Gasteiger partial charge in [0.15, 0.2) is 5.89 Å². The Bertz CT molecular complexity index is 1090. The van der Waals surface area contributed by atoms with Crippen LogP contribution in [0.15, 0.2) is 22.7 Å². The minimum atomic E-state index is -0.233. The summed E-state index contributed by atoms with van der Waals surface area (Å²) in [5.41, 5.74) is 1.92. The number of pyridine rings is 1. The van der Waals surface area contributed by atoms with Crippen LogP contribution >= 0.6 is 0 Å². The lowest BCUT2D eigenvalue weighted by atomic mass is 9.43. The number of aliphatic hydroxyl groups is 2. The molecule has 0 amide bonds. The lowest BCUT2D eigenvalue weighted by Gasteiger charge is -2.64. The van der Waals surface area contributed by atoms with Gasteiger partial charge in [0.1, 0.15) is 5.52 Å². The minimum absolute atomic E-state index is 0.191. The molecule has 5 aliphatic carbocycles. The summed E-state index contributed by atoms with van der Waals surface area (Å²) in [5, 5.41) is 22.0. The van der Waals surface area contributed by atoms with Gasteiger partial charge in [0.25, 0.3) is 0 Å². The quantitative estimate of drug-likeness (QED) is 0.610. The smallest absolute Gasteiger partial charge is 0.246 e. The number of fused-ring (bicyclic) bond motifs is 5. The molecular weight excluding hydrogens is 452 g/mol. The van der Waals surface area contributed by atoms with Gasteiger partial charge in [-0.05, 0) is 117 Å². The van der Waals surface area contributed by atoms with E-state index < -0.39 is 0 Å². The Labute approximate surface area is 214 Å². The van der Waals surface area contributed by atoms with Crippen LogP contribution in [0.2, 0.25) is 0 Å². The van der Waals surface area contributed by atoms with Gasteiger partial charge in [0.2, 0.25) is 5.71 Å². The first-order valence-corrected chi connectivity index (χ1v) is 14.5. The van der Waals surface area contributed by atoms with Gasteiger partial charge in [-0.15, -0.1) is 0 Å². The van der Waals surface area contributed by atoms with Crippen molar-refractivity contribution in [2.75, 3.05) is 7.11 Å². The number of rotatable bonds is 4. The van der Waals surface area contributed by atoms with E-state index in [1.807, 2.05) is 19.2 Å². The van der Waals surface area contributed by atoms with E-state index in [1.54, 1.807) is 6.20 Å². The van der Waals surface area contributed by atoms with Gasteiger partial charge in [0.05, 0.1) is 18.3 Å². The molecule has 7 rings (SSSR count). The van der Waals surface area contributed by atoms with Crippen LogP contribution < -0.4 is 0 Å². The number of oxazole rings is 1. The van der Waals surface area contributed by atoms with E-state index in [1.165, 1.54) is 25.7 Å². The van der Waals surface area contributed by atoms with Crippen LogP contribution in [0.3, 0.4) is 0 Å². The van der Waals surface area contributed by atoms with Gasteiger partial charge in [-0.25, -0.2) is 9.97 Å². The highest BCUT2D eigenvalue weighted by Crippen LogP contribution is 2.72. The number of hydrogen-bond donors (Lipinski definition) is 2. The Hall–Kier alpha value is -1.50. The normalized spacial score (nSPS) is 47.8. The summed E-state index contributed by atoms with van der Waals surface area (Å²) in [7, 11) is 1.94. The first-order chi connectivity index (χ1) is 17.4. The second-order valence-electron chi connectivity index (χ2n) is 13.3. The number of aromatic nitrogens is 2. The Morgan fingerprint density at radius 3 is 2.75 bits per heavy atom. The monoisotopic (exact) mass is 494 g/mol. The molecule has 6 nitrogen and oxygen atoms in total. The molecule has 2 aromatic heterocycles. The Morgan fingerprint density at radius 2 is 1.92 bits per heavy atom. The van der Waals surface area contributed by atoms with Crippen LogP contribution in [-0.2, 0) is 11.2 Å². The molecule has 1 spiro atoms. The molecule has 5 saturated carbocycles. The number of ether oxygens (including phenoxy) is 1. The van der Waals surface area contributed by atoms with Gasteiger partial charge in [-0.2, -0.15) is 0 Å². The highest BCUT2D eigenvalue weighted by atomic mass is 16.5. The molecule has 196 valence electrons. The molecule has 6 heteroatoms. The van der Waals surface area contributed by atoms with Crippen LogP contribution in [0.4, 0.5) is 0 Å². The average molecular weight is 495 g/mol. The molecule has 2 aromatic rings. The highest BCUT2D eigenvalue weighted by molar-refractivity contribution is 5.67. The fraction of sp³-hybridized carbons (Fsp3) is 0.800. The van der Waals surface area contributed by atoms with Crippen molar-refractivity contribution in [1.29, 1.82) is 0 Å². The van der Waals surface area contributed by atoms with E-state index in [-0.39, 0.29) is 29.1 Å². The van der Waals surface area contributed by atoms with Crippen molar-refractivity contribution < 1.29 is 19.4 Å². The third kappa shape index (κ3) is 3.26. The van der Waals surface area contributed by atoms with E-state index >= 15 is 0 Å². The third-order valence-corrected chi connectivity index (χ3v) is 12.2. The third-order valence-electron chi connectivity index (χ3n) is 12.2. The largest absolute Gasteiger partial charge is 0.422 e. The first kappa shape index (κ1) is 23.6. The summed E-state index contributed by atoms with van der Waals surface area (Å²) >= 11 is 0. The Kier molecular flexibility index (Phi) is 5.58. The minimum Gasteiger partial charge on any atom is -0.422 e. The van der Waals surface area contributed by atoms with Crippen LogP contribution in [0.1, 0.15) is 77.0 Å². The van der Waals surface area contributed by atoms with Crippen molar-refractivity contribution >= 4 is 11.2 Å².